The Kier molecular flexibility index (Phi) is 3.56. The monoisotopic (exact) mass is 282 g/mol. The van der Waals surface area contributed by atoms with Crippen molar-refractivity contribution in [3.8, 4) is 22.8 Å². The molecule has 0 N–H and O–H groups in total. The van der Waals surface area contributed by atoms with Crippen molar-refractivity contribution in [2.75, 3.05) is 6.26 Å². The van der Waals surface area contributed by atoms with E-state index in [4.69, 9.17) is 4.52 Å². The van der Waals surface area contributed by atoms with Gasteiger partial charge in [-0.05, 0) is 31.4 Å². The fourth-order valence-corrected chi connectivity index (χ4v) is 2.65. The van der Waals surface area contributed by atoms with Crippen molar-refractivity contribution in [2.24, 2.45) is 0 Å². The van der Waals surface area contributed by atoms with Gasteiger partial charge in [0.2, 0.25) is 5.82 Å². The lowest BCUT2D eigenvalue weighted by molar-refractivity contribution is 0.431. The maximum Gasteiger partial charge on any atom is 0.259 e. The number of hydrogen-bond acceptors (Lipinski definition) is 4. The van der Waals surface area contributed by atoms with Crippen molar-refractivity contribution in [3.63, 3.8) is 0 Å². The molecule has 20 heavy (non-hydrogen) atoms. The summed E-state index contributed by atoms with van der Waals surface area (Å²) in [6.45, 7) is 2.05. The van der Waals surface area contributed by atoms with Crippen LogP contribution in [0.3, 0.4) is 0 Å². The van der Waals surface area contributed by atoms with E-state index in [-0.39, 0.29) is 0 Å². The zero-order valence-corrected chi connectivity index (χ0v) is 12.1. The van der Waals surface area contributed by atoms with Crippen LogP contribution in [0.15, 0.2) is 57.9 Å². The van der Waals surface area contributed by atoms with E-state index >= 15 is 0 Å². The predicted octanol–water partition coefficient (Wildman–Crippen LogP) is 4.43. The highest BCUT2D eigenvalue weighted by Crippen LogP contribution is 2.30. The van der Waals surface area contributed by atoms with E-state index in [1.54, 1.807) is 11.8 Å². The normalized spacial score (nSPS) is 10.7. The number of aryl methyl sites for hydroxylation is 1. The predicted molar refractivity (Wildman–Crippen MR) is 81.7 cm³/mol. The minimum atomic E-state index is 0.562. The molecule has 3 aromatic rings. The van der Waals surface area contributed by atoms with Gasteiger partial charge in [0.05, 0.1) is 5.56 Å². The first-order valence-electron chi connectivity index (χ1n) is 6.32. The third kappa shape index (κ3) is 2.47. The zero-order valence-electron chi connectivity index (χ0n) is 11.3. The maximum absolute atomic E-state index is 5.41. The third-order valence-electron chi connectivity index (χ3n) is 3.04. The molecule has 0 saturated carbocycles. The van der Waals surface area contributed by atoms with Crippen LogP contribution in [-0.4, -0.2) is 16.4 Å². The van der Waals surface area contributed by atoms with Crippen LogP contribution in [0.2, 0.25) is 0 Å². The van der Waals surface area contributed by atoms with Crippen LogP contribution < -0.4 is 0 Å². The average Bonchev–Trinajstić information content (AvgIpc) is 2.97. The van der Waals surface area contributed by atoms with Crippen LogP contribution >= 0.6 is 11.8 Å². The Hall–Kier alpha value is -2.07. The maximum atomic E-state index is 5.41. The molecule has 100 valence electrons. The standard InChI is InChI=1S/C16H14N2OS/c1-11-6-5-7-12(10-11)15-17-16(19-18-15)13-8-3-4-9-14(13)20-2/h3-10H,1-2H3. The Morgan fingerprint density at radius 1 is 1.05 bits per heavy atom. The quantitative estimate of drug-likeness (QED) is 0.666. The van der Waals surface area contributed by atoms with Crippen molar-refractivity contribution in [2.45, 2.75) is 11.8 Å². The average molecular weight is 282 g/mol. The second-order valence-corrected chi connectivity index (χ2v) is 5.34. The smallest absolute Gasteiger partial charge is 0.259 e. The lowest BCUT2D eigenvalue weighted by Crippen LogP contribution is -1.83. The van der Waals surface area contributed by atoms with Crippen molar-refractivity contribution in [3.05, 3.63) is 54.1 Å². The molecule has 0 saturated heterocycles. The summed E-state index contributed by atoms with van der Waals surface area (Å²) in [4.78, 5) is 5.64. The molecule has 0 aliphatic rings. The van der Waals surface area contributed by atoms with Gasteiger partial charge in [-0.2, -0.15) is 4.98 Å². The van der Waals surface area contributed by atoms with Gasteiger partial charge < -0.3 is 4.52 Å². The van der Waals surface area contributed by atoms with Gasteiger partial charge in [0.15, 0.2) is 0 Å². The fourth-order valence-electron chi connectivity index (χ4n) is 2.06. The Morgan fingerprint density at radius 2 is 1.90 bits per heavy atom. The van der Waals surface area contributed by atoms with Crippen LogP contribution in [-0.2, 0) is 0 Å². The molecule has 0 aliphatic carbocycles. The fraction of sp³-hybridized carbons (Fsp3) is 0.125. The highest BCUT2D eigenvalue weighted by molar-refractivity contribution is 7.98. The summed E-state index contributed by atoms with van der Waals surface area (Å²) in [5.41, 5.74) is 3.13. The van der Waals surface area contributed by atoms with Gasteiger partial charge in [-0.15, -0.1) is 11.8 Å². The number of thioether (sulfide) groups is 1. The number of rotatable bonds is 3. The van der Waals surface area contributed by atoms with Gasteiger partial charge in [-0.1, -0.05) is 41.1 Å². The van der Waals surface area contributed by atoms with Crippen molar-refractivity contribution in [1.82, 2.24) is 10.1 Å². The number of nitrogens with zero attached hydrogens (tertiary/aromatic N) is 2. The minimum absolute atomic E-state index is 0.562. The van der Waals surface area contributed by atoms with Gasteiger partial charge in [0.25, 0.3) is 5.89 Å². The Balaban J connectivity index is 2.02. The summed E-state index contributed by atoms with van der Waals surface area (Å²) in [5, 5.41) is 4.08. The van der Waals surface area contributed by atoms with E-state index in [0.717, 1.165) is 16.0 Å². The summed E-state index contributed by atoms with van der Waals surface area (Å²) >= 11 is 1.67. The van der Waals surface area contributed by atoms with E-state index in [1.165, 1.54) is 5.56 Å². The largest absolute Gasteiger partial charge is 0.334 e. The van der Waals surface area contributed by atoms with Crippen molar-refractivity contribution >= 4 is 11.8 Å². The van der Waals surface area contributed by atoms with Crippen LogP contribution in [0, 0.1) is 6.92 Å². The zero-order chi connectivity index (χ0) is 13.9. The Labute approximate surface area is 122 Å². The molecule has 0 aliphatic heterocycles. The first-order chi connectivity index (χ1) is 9.78. The third-order valence-corrected chi connectivity index (χ3v) is 3.84. The number of hydrogen-bond donors (Lipinski definition) is 0. The lowest BCUT2D eigenvalue weighted by Gasteiger charge is -2.00. The van der Waals surface area contributed by atoms with E-state index in [0.29, 0.717) is 11.7 Å². The molecular weight excluding hydrogens is 268 g/mol. The highest BCUT2D eigenvalue weighted by Gasteiger charge is 2.13. The summed E-state index contributed by atoms with van der Waals surface area (Å²) in [6, 6.07) is 16.1. The lowest BCUT2D eigenvalue weighted by atomic mass is 10.1. The number of benzene rings is 2. The van der Waals surface area contributed by atoms with Crippen LogP contribution in [0.5, 0.6) is 0 Å². The topological polar surface area (TPSA) is 38.9 Å². The van der Waals surface area contributed by atoms with E-state index < -0.39 is 0 Å². The van der Waals surface area contributed by atoms with Gasteiger partial charge in [-0.3, -0.25) is 0 Å². The minimum Gasteiger partial charge on any atom is -0.334 e. The summed E-state index contributed by atoms with van der Waals surface area (Å²) < 4.78 is 5.41. The molecule has 3 nitrogen and oxygen atoms in total. The Morgan fingerprint density at radius 3 is 2.70 bits per heavy atom. The summed E-state index contributed by atoms with van der Waals surface area (Å²) in [6.07, 6.45) is 2.04. The van der Waals surface area contributed by atoms with E-state index in [1.807, 2.05) is 49.6 Å². The van der Waals surface area contributed by atoms with Crippen LogP contribution in [0.1, 0.15) is 5.56 Å². The molecule has 0 fully saturated rings. The highest BCUT2D eigenvalue weighted by atomic mass is 32.2. The molecule has 2 aromatic carbocycles. The second-order valence-electron chi connectivity index (χ2n) is 4.49. The number of aromatic nitrogens is 2. The van der Waals surface area contributed by atoms with Gasteiger partial charge in [0, 0.05) is 10.5 Å². The first kappa shape index (κ1) is 12.9. The molecule has 0 spiro atoms. The summed E-state index contributed by atoms with van der Waals surface area (Å²) in [7, 11) is 0. The van der Waals surface area contributed by atoms with Gasteiger partial charge >= 0.3 is 0 Å². The van der Waals surface area contributed by atoms with Gasteiger partial charge in [0.1, 0.15) is 0 Å². The molecule has 0 amide bonds. The van der Waals surface area contributed by atoms with Crippen molar-refractivity contribution < 1.29 is 4.52 Å². The Bertz CT molecular complexity index is 737. The van der Waals surface area contributed by atoms with E-state index in [2.05, 4.69) is 22.3 Å². The van der Waals surface area contributed by atoms with E-state index in [9.17, 15) is 0 Å². The molecule has 0 bridgehead atoms. The molecule has 0 atom stereocenters. The van der Waals surface area contributed by atoms with Crippen molar-refractivity contribution in [1.29, 1.82) is 0 Å². The molecule has 1 aromatic heterocycles. The summed E-state index contributed by atoms with van der Waals surface area (Å²) in [5.74, 6) is 1.19. The van der Waals surface area contributed by atoms with Crippen LogP contribution in [0.25, 0.3) is 22.8 Å². The molecular formula is C16H14N2OS. The molecule has 3 rings (SSSR count). The second kappa shape index (κ2) is 5.51. The SMILES string of the molecule is CSc1ccccc1-c1nc(-c2cccc(C)c2)no1. The van der Waals surface area contributed by atoms with Crippen LogP contribution in [0.4, 0.5) is 0 Å². The molecule has 0 radical (unpaired) electrons. The molecule has 4 heteroatoms. The van der Waals surface area contributed by atoms with Gasteiger partial charge in [-0.25, -0.2) is 0 Å². The first-order valence-corrected chi connectivity index (χ1v) is 7.54. The molecule has 0 unspecified atom stereocenters. The molecule has 1 heterocycles.